The van der Waals surface area contributed by atoms with Gasteiger partial charge < -0.3 is 4.74 Å². The molecule has 0 atom stereocenters. The molecule has 0 aromatic carbocycles. The van der Waals surface area contributed by atoms with Gasteiger partial charge in [0.25, 0.3) is 0 Å². The fourth-order valence-corrected chi connectivity index (χ4v) is 2.91. The van der Waals surface area contributed by atoms with Crippen LogP contribution in [-0.2, 0) is 4.74 Å². The number of hydrogen-bond donors (Lipinski definition) is 0. The van der Waals surface area contributed by atoms with Gasteiger partial charge in [0.05, 0.1) is 12.2 Å². The van der Waals surface area contributed by atoms with E-state index in [1.165, 1.54) is 38.5 Å². The summed E-state index contributed by atoms with van der Waals surface area (Å²) >= 11 is 3.63. The molecule has 0 amide bonds. The minimum Gasteiger partial charge on any atom is -0.374 e. The predicted molar refractivity (Wildman–Crippen MR) is 62.8 cm³/mol. The van der Waals surface area contributed by atoms with Crippen LogP contribution in [-0.4, -0.2) is 17.5 Å². The van der Waals surface area contributed by atoms with Crippen LogP contribution in [0.5, 0.6) is 0 Å². The van der Waals surface area contributed by atoms with E-state index in [0.717, 1.165) is 23.8 Å². The van der Waals surface area contributed by atoms with Crippen LogP contribution in [0.15, 0.2) is 0 Å². The Morgan fingerprint density at radius 2 is 1.86 bits per heavy atom. The fraction of sp³-hybridized carbons (Fsp3) is 1.00. The van der Waals surface area contributed by atoms with Crippen molar-refractivity contribution in [1.29, 1.82) is 0 Å². The van der Waals surface area contributed by atoms with Crippen LogP contribution in [0.3, 0.4) is 0 Å². The Kier molecular flexibility index (Phi) is 3.54. The molecule has 0 saturated heterocycles. The highest BCUT2D eigenvalue weighted by Gasteiger charge is 2.35. The van der Waals surface area contributed by atoms with Crippen molar-refractivity contribution in [3.05, 3.63) is 0 Å². The van der Waals surface area contributed by atoms with Gasteiger partial charge >= 0.3 is 0 Å². The van der Waals surface area contributed by atoms with Gasteiger partial charge in [-0.1, -0.05) is 22.9 Å². The van der Waals surface area contributed by atoms with Gasteiger partial charge in [0.15, 0.2) is 0 Å². The molecule has 2 aliphatic carbocycles. The van der Waals surface area contributed by atoms with E-state index in [-0.39, 0.29) is 5.60 Å². The summed E-state index contributed by atoms with van der Waals surface area (Å²) in [7, 11) is 0. The van der Waals surface area contributed by atoms with Crippen molar-refractivity contribution < 1.29 is 4.74 Å². The van der Waals surface area contributed by atoms with Gasteiger partial charge in [0.2, 0.25) is 0 Å². The molecule has 2 rings (SSSR count). The van der Waals surface area contributed by atoms with Crippen molar-refractivity contribution in [2.45, 2.75) is 51.0 Å². The lowest BCUT2D eigenvalue weighted by Gasteiger charge is -2.38. The first-order valence-corrected chi connectivity index (χ1v) is 7.06. The normalized spacial score (nSPS) is 38.6. The van der Waals surface area contributed by atoms with Crippen LogP contribution in [0.2, 0.25) is 0 Å². The van der Waals surface area contributed by atoms with Gasteiger partial charge in [-0.15, -0.1) is 0 Å². The van der Waals surface area contributed by atoms with E-state index in [0.29, 0.717) is 0 Å². The van der Waals surface area contributed by atoms with Gasteiger partial charge in [-0.3, -0.25) is 0 Å². The van der Waals surface area contributed by atoms with Crippen LogP contribution < -0.4 is 0 Å². The Morgan fingerprint density at radius 1 is 1.21 bits per heavy atom. The first-order chi connectivity index (χ1) is 6.74. The Hall–Kier alpha value is 0.440. The van der Waals surface area contributed by atoms with E-state index in [4.69, 9.17) is 4.74 Å². The second-order valence-corrected chi connectivity index (χ2v) is 5.81. The maximum Gasteiger partial charge on any atom is 0.0779 e. The fourth-order valence-electron chi connectivity index (χ4n) is 2.18. The first-order valence-electron chi connectivity index (χ1n) is 5.94. The Bertz CT molecular complexity index is 181. The lowest BCUT2D eigenvalue weighted by atomic mass is 9.80. The van der Waals surface area contributed by atoms with Crippen molar-refractivity contribution >= 4 is 15.9 Å². The maximum atomic E-state index is 6.15. The van der Waals surface area contributed by atoms with Crippen LogP contribution in [0, 0.1) is 11.8 Å². The van der Waals surface area contributed by atoms with E-state index in [1.54, 1.807) is 0 Å². The third-order valence-electron chi connectivity index (χ3n) is 3.75. The third kappa shape index (κ3) is 2.73. The summed E-state index contributed by atoms with van der Waals surface area (Å²) < 4.78 is 6.15. The summed E-state index contributed by atoms with van der Waals surface area (Å²) in [5, 5.41) is 1.03. The number of halogens is 1. The van der Waals surface area contributed by atoms with E-state index >= 15 is 0 Å². The van der Waals surface area contributed by atoms with Crippen LogP contribution in [0.4, 0.5) is 0 Å². The minimum absolute atomic E-state index is 0.190. The molecule has 0 spiro atoms. The number of alkyl halides is 1. The van der Waals surface area contributed by atoms with Gasteiger partial charge in [-0.2, -0.15) is 0 Å². The van der Waals surface area contributed by atoms with Crippen molar-refractivity contribution in [2.75, 3.05) is 11.9 Å². The highest BCUT2D eigenvalue weighted by molar-refractivity contribution is 9.09. The Balaban J connectivity index is 1.81. The molecule has 0 unspecified atom stereocenters. The zero-order valence-electron chi connectivity index (χ0n) is 9.10. The molecule has 2 aliphatic rings. The molecule has 0 heterocycles. The van der Waals surface area contributed by atoms with Crippen molar-refractivity contribution in [2.24, 2.45) is 11.8 Å². The van der Waals surface area contributed by atoms with E-state index < -0.39 is 0 Å². The summed E-state index contributed by atoms with van der Waals surface area (Å²) in [4.78, 5) is 0. The number of ether oxygens (including phenoxy) is 1. The second kappa shape index (κ2) is 4.52. The van der Waals surface area contributed by atoms with Gasteiger partial charge in [0.1, 0.15) is 0 Å². The van der Waals surface area contributed by atoms with Crippen LogP contribution >= 0.6 is 15.9 Å². The summed E-state index contributed by atoms with van der Waals surface area (Å²) in [6.07, 6.45) is 7.99. The highest BCUT2D eigenvalue weighted by atomic mass is 79.9. The summed E-state index contributed by atoms with van der Waals surface area (Å²) in [6.45, 7) is 3.37. The van der Waals surface area contributed by atoms with Crippen molar-refractivity contribution in [1.82, 2.24) is 0 Å². The zero-order chi connectivity index (χ0) is 10.0. The molecule has 2 heteroatoms. The van der Waals surface area contributed by atoms with E-state index in [1.807, 2.05) is 0 Å². The largest absolute Gasteiger partial charge is 0.374 e. The average molecular weight is 261 g/mol. The summed E-state index contributed by atoms with van der Waals surface area (Å²) in [5.41, 5.74) is 0.190. The predicted octanol–water partition coefficient (Wildman–Crippen LogP) is 3.76. The topological polar surface area (TPSA) is 9.23 Å². The smallest absolute Gasteiger partial charge is 0.0779 e. The highest BCUT2D eigenvalue weighted by Crippen LogP contribution is 2.38. The van der Waals surface area contributed by atoms with Crippen LogP contribution in [0.1, 0.15) is 45.4 Å². The van der Waals surface area contributed by atoms with Crippen molar-refractivity contribution in [3.8, 4) is 0 Å². The SMILES string of the molecule is CC1CCC(CBr)(OCC2CC2)CC1. The summed E-state index contributed by atoms with van der Waals surface area (Å²) in [5.74, 6) is 1.80. The number of hydrogen-bond acceptors (Lipinski definition) is 1. The molecular weight excluding hydrogens is 240 g/mol. The van der Waals surface area contributed by atoms with E-state index in [2.05, 4.69) is 22.9 Å². The monoisotopic (exact) mass is 260 g/mol. The maximum absolute atomic E-state index is 6.15. The molecule has 2 saturated carbocycles. The van der Waals surface area contributed by atoms with E-state index in [9.17, 15) is 0 Å². The van der Waals surface area contributed by atoms with Crippen LogP contribution in [0.25, 0.3) is 0 Å². The standard InChI is InChI=1S/C12H21BrO/c1-10-4-6-12(9-13,7-5-10)14-8-11-2-3-11/h10-11H,2-9H2,1H3. The lowest BCUT2D eigenvalue weighted by molar-refractivity contribution is -0.0630. The average Bonchev–Trinajstić information content (AvgIpc) is 3.02. The minimum atomic E-state index is 0.190. The Labute approximate surface area is 95.7 Å². The molecule has 82 valence electrons. The molecule has 2 fully saturated rings. The first kappa shape index (κ1) is 10.9. The zero-order valence-corrected chi connectivity index (χ0v) is 10.7. The van der Waals surface area contributed by atoms with Gasteiger partial charge in [0, 0.05) is 5.33 Å². The Morgan fingerprint density at radius 3 is 2.36 bits per heavy atom. The van der Waals surface area contributed by atoms with Gasteiger partial charge in [-0.25, -0.2) is 0 Å². The molecule has 0 aromatic heterocycles. The molecule has 0 bridgehead atoms. The molecule has 0 N–H and O–H groups in total. The molecule has 0 aliphatic heterocycles. The molecule has 14 heavy (non-hydrogen) atoms. The van der Waals surface area contributed by atoms with Gasteiger partial charge in [-0.05, 0) is 50.4 Å². The molecule has 1 nitrogen and oxygen atoms in total. The molecule has 0 radical (unpaired) electrons. The van der Waals surface area contributed by atoms with Crippen molar-refractivity contribution in [3.63, 3.8) is 0 Å². The lowest BCUT2D eigenvalue weighted by Crippen LogP contribution is -2.39. The third-order valence-corrected chi connectivity index (χ3v) is 4.77. The summed E-state index contributed by atoms with van der Waals surface area (Å²) in [6, 6.07) is 0. The molecular formula is C12H21BrO. The quantitative estimate of drug-likeness (QED) is 0.700. The molecule has 0 aromatic rings. The number of rotatable bonds is 4. The second-order valence-electron chi connectivity index (χ2n) is 5.25.